The molecule has 0 saturated carbocycles. The monoisotopic (exact) mass is 445 g/mol. The molecular formula is C22H21Cl2N3O3. The minimum atomic E-state index is -0.445. The molecule has 1 unspecified atom stereocenters. The Labute approximate surface area is 184 Å². The highest BCUT2D eigenvalue weighted by molar-refractivity contribution is 6.39. The number of carbonyl (C=O) groups excluding carboxylic acids is 2. The molecule has 0 bridgehead atoms. The van der Waals surface area contributed by atoms with E-state index in [1.54, 1.807) is 24.8 Å². The van der Waals surface area contributed by atoms with E-state index in [9.17, 15) is 9.59 Å². The van der Waals surface area contributed by atoms with Crippen LogP contribution < -0.4 is 0 Å². The SMILES string of the molecule is CC1=CC(C)=NC(=O)C1CN1CCc2c(Cl)cc(-c3c(C)noc3C)c(Cl)c2C1=O. The lowest BCUT2D eigenvalue weighted by Gasteiger charge is -2.33. The van der Waals surface area contributed by atoms with Crippen molar-refractivity contribution in [1.82, 2.24) is 10.1 Å². The molecule has 6 nitrogen and oxygen atoms in total. The van der Waals surface area contributed by atoms with Gasteiger partial charge in [0.2, 0.25) is 0 Å². The summed E-state index contributed by atoms with van der Waals surface area (Å²) in [5.74, 6) is -0.296. The maximum atomic E-state index is 13.4. The molecule has 0 aliphatic carbocycles. The molecule has 156 valence electrons. The third-order valence-corrected chi connectivity index (χ3v) is 6.46. The number of aliphatic imine (C=N–C) groups is 1. The Morgan fingerprint density at radius 3 is 2.53 bits per heavy atom. The summed E-state index contributed by atoms with van der Waals surface area (Å²) in [7, 11) is 0. The molecule has 8 heteroatoms. The molecule has 30 heavy (non-hydrogen) atoms. The quantitative estimate of drug-likeness (QED) is 0.677. The van der Waals surface area contributed by atoms with Gasteiger partial charge < -0.3 is 9.42 Å². The Kier molecular flexibility index (Phi) is 5.32. The second-order valence-electron chi connectivity index (χ2n) is 7.81. The zero-order chi connectivity index (χ0) is 21.7. The zero-order valence-corrected chi connectivity index (χ0v) is 18.7. The van der Waals surface area contributed by atoms with E-state index in [4.69, 9.17) is 27.7 Å². The van der Waals surface area contributed by atoms with Crippen LogP contribution in [-0.2, 0) is 11.2 Å². The van der Waals surface area contributed by atoms with Gasteiger partial charge in [-0.2, -0.15) is 0 Å². The minimum absolute atomic E-state index is 0.223. The predicted octanol–water partition coefficient (Wildman–Crippen LogP) is 4.83. The molecule has 1 aromatic carbocycles. The maximum absolute atomic E-state index is 13.4. The van der Waals surface area contributed by atoms with Gasteiger partial charge in [0.1, 0.15) is 5.76 Å². The summed E-state index contributed by atoms with van der Waals surface area (Å²) in [4.78, 5) is 31.5. The van der Waals surface area contributed by atoms with E-state index in [0.717, 1.165) is 16.7 Å². The van der Waals surface area contributed by atoms with Gasteiger partial charge in [-0.15, -0.1) is 0 Å². The van der Waals surface area contributed by atoms with E-state index in [1.807, 2.05) is 19.9 Å². The molecule has 0 fully saturated rings. The van der Waals surface area contributed by atoms with Crippen LogP contribution in [0.5, 0.6) is 0 Å². The highest BCUT2D eigenvalue weighted by Gasteiger charge is 2.34. The minimum Gasteiger partial charge on any atom is -0.361 e. The fraction of sp³-hybridized carbons (Fsp3) is 0.364. The number of hydrogen-bond acceptors (Lipinski definition) is 4. The van der Waals surface area contributed by atoms with Crippen LogP contribution in [0.15, 0.2) is 27.2 Å². The van der Waals surface area contributed by atoms with E-state index in [2.05, 4.69) is 10.1 Å². The molecule has 0 radical (unpaired) electrons. The first-order valence-electron chi connectivity index (χ1n) is 9.69. The van der Waals surface area contributed by atoms with Gasteiger partial charge in [0.25, 0.3) is 11.8 Å². The lowest BCUT2D eigenvalue weighted by atomic mass is 9.91. The Morgan fingerprint density at radius 2 is 1.90 bits per heavy atom. The number of rotatable bonds is 3. The van der Waals surface area contributed by atoms with Crippen LogP contribution >= 0.6 is 23.2 Å². The molecule has 1 aromatic heterocycles. The van der Waals surface area contributed by atoms with E-state index >= 15 is 0 Å². The first-order valence-corrected chi connectivity index (χ1v) is 10.4. The van der Waals surface area contributed by atoms with Crippen molar-refractivity contribution in [2.24, 2.45) is 10.9 Å². The summed E-state index contributed by atoms with van der Waals surface area (Å²) >= 11 is 13.3. The van der Waals surface area contributed by atoms with Crippen LogP contribution in [0.2, 0.25) is 10.0 Å². The molecule has 0 saturated heterocycles. The van der Waals surface area contributed by atoms with Crippen molar-refractivity contribution < 1.29 is 14.1 Å². The van der Waals surface area contributed by atoms with Gasteiger partial charge in [0.05, 0.1) is 22.2 Å². The fourth-order valence-corrected chi connectivity index (χ4v) is 4.85. The van der Waals surface area contributed by atoms with Gasteiger partial charge in [-0.3, -0.25) is 9.59 Å². The molecular weight excluding hydrogens is 425 g/mol. The largest absolute Gasteiger partial charge is 0.361 e. The van der Waals surface area contributed by atoms with Crippen molar-refractivity contribution in [1.29, 1.82) is 0 Å². The van der Waals surface area contributed by atoms with E-state index < -0.39 is 5.92 Å². The van der Waals surface area contributed by atoms with Crippen LogP contribution in [0.1, 0.15) is 41.2 Å². The van der Waals surface area contributed by atoms with Crippen LogP contribution in [0.25, 0.3) is 11.1 Å². The lowest BCUT2D eigenvalue weighted by Crippen LogP contribution is -2.43. The Hall–Kier alpha value is -2.44. The van der Waals surface area contributed by atoms with E-state index in [-0.39, 0.29) is 18.4 Å². The van der Waals surface area contributed by atoms with Crippen LogP contribution in [0.4, 0.5) is 0 Å². The number of dihydropyridines is 1. The highest BCUT2D eigenvalue weighted by atomic mass is 35.5. The van der Waals surface area contributed by atoms with Crippen molar-refractivity contribution in [3.8, 4) is 11.1 Å². The second kappa shape index (κ2) is 7.67. The van der Waals surface area contributed by atoms with E-state index in [0.29, 0.717) is 51.3 Å². The van der Waals surface area contributed by atoms with Crippen LogP contribution in [0.3, 0.4) is 0 Å². The molecule has 1 atom stereocenters. The average molecular weight is 446 g/mol. The van der Waals surface area contributed by atoms with Gasteiger partial charge in [-0.1, -0.05) is 33.9 Å². The standard InChI is InChI=1S/C22H21Cl2N3O3/c1-10-7-11(2)25-21(28)16(10)9-27-6-5-14-17(23)8-15(20(24)19(14)22(27)29)18-12(3)26-30-13(18)4/h7-8,16H,5-6,9H2,1-4H3. The number of hydrogen-bond donors (Lipinski definition) is 0. The molecule has 0 spiro atoms. The number of benzene rings is 1. The van der Waals surface area contributed by atoms with Gasteiger partial charge >= 0.3 is 0 Å². The van der Waals surface area contributed by atoms with Gasteiger partial charge in [0.15, 0.2) is 0 Å². The zero-order valence-electron chi connectivity index (χ0n) is 17.2. The summed E-state index contributed by atoms with van der Waals surface area (Å²) in [6.45, 7) is 8.02. The molecule has 0 N–H and O–H groups in total. The number of aryl methyl sites for hydroxylation is 2. The topological polar surface area (TPSA) is 75.8 Å². The average Bonchev–Trinajstić information content (AvgIpc) is 3.00. The maximum Gasteiger partial charge on any atom is 0.255 e. The first-order chi connectivity index (χ1) is 14.2. The van der Waals surface area contributed by atoms with Crippen LogP contribution in [-0.4, -0.2) is 40.7 Å². The van der Waals surface area contributed by atoms with Crippen LogP contribution in [0, 0.1) is 19.8 Å². The predicted molar refractivity (Wildman–Crippen MR) is 116 cm³/mol. The smallest absolute Gasteiger partial charge is 0.255 e. The number of nitrogens with zero attached hydrogens (tertiary/aromatic N) is 3. The van der Waals surface area contributed by atoms with Crippen molar-refractivity contribution in [3.63, 3.8) is 0 Å². The molecule has 2 aliphatic heterocycles. The lowest BCUT2D eigenvalue weighted by molar-refractivity contribution is -0.120. The number of halogens is 2. The number of fused-ring (bicyclic) bond motifs is 1. The summed E-state index contributed by atoms with van der Waals surface area (Å²) < 4.78 is 5.27. The Bertz CT molecular complexity index is 1130. The molecule has 2 aromatic rings. The van der Waals surface area contributed by atoms with E-state index in [1.165, 1.54) is 0 Å². The highest BCUT2D eigenvalue weighted by Crippen LogP contribution is 2.41. The van der Waals surface area contributed by atoms with Gasteiger partial charge in [-0.05, 0) is 51.8 Å². The first kappa shape index (κ1) is 20.8. The second-order valence-corrected chi connectivity index (χ2v) is 8.59. The third kappa shape index (κ3) is 3.38. The van der Waals surface area contributed by atoms with Gasteiger partial charge in [-0.25, -0.2) is 4.99 Å². The molecule has 2 amide bonds. The molecule has 3 heterocycles. The van der Waals surface area contributed by atoms with Crippen molar-refractivity contribution in [2.75, 3.05) is 13.1 Å². The summed E-state index contributed by atoms with van der Waals surface area (Å²) in [5, 5.41) is 4.80. The molecule has 2 aliphatic rings. The third-order valence-electron chi connectivity index (χ3n) is 5.73. The van der Waals surface area contributed by atoms with Crippen molar-refractivity contribution in [2.45, 2.75) is 34.1 Å². The van der Waals surface area contributed by atoms with Crippen molar-refractivity contribution in [3.05, 3.63) is 50.3 Å². The van der Waals surface area contributed by atoms with Gasteiger partial charge in [0, 0.05) is 35.0 Å². The summed E-state index contributed by atoms with van der Waals surface area (Å²) in [6.07, 6.45) is 2.45. The Balaban J connectivity index is 1.73. The summed E-state index contributed by atoms with van der Waals surface area (Å²) in [6, 6.07) is 1.77. The number of amides is 2. The number of allylic oxidation sites excluding steroid dienone is 1. The number of carbonyl (C=O) groups is 2. The fourth-order valence-electron chi connectivity index (χ4n) is 4.21. The summed E-state index contributed by atoms with van der Waals surface area (Å²) in [5.41, 5.74) is 4.73. The number of aromatic nitrogens is 1. The molecule has 4 rings (SSSR count). The normalized spacial score (nSPS) is 19.0. The van der Waals surface area contributed by atoms with Crippen molar-refractivity contribution >= 4 is 40.7 Å². The Morgan fingerprint density at radius 1 is 1.17 bits per heavy atom.